The standard InChI is InChI=1S/C23H30N4O3.HI/c1-3-24-23(26-13-15-4-6-16(7-5-15)14-30-2)25-10-11-27-21(28)19-17-8-9-18(12-17)20(19)22(27)29;/h4-9,17-20H,3,10-14H2,1-2H3,(H2,24,25,26);1H. The Hall–Kier alpha value is -1.94. The smallest absolute Gasteiger partial charge is 0.233 e. The van der Waals surface area contributed by atoms with Gasteiger partial charge in [-0.1, -0.05) is 36.4 Å². The average Bonchev–Trinajstić information content (AvgIpc) is 3.43. The summed E-state index contributed by atoms with van der Waals surface area (Å²) < 4.78 is 5.14. The van der Waals surface area contributed by atoms with Crippen LogP contribution in [-0.2, 0) is 27.5 Å². The zero-order valence-electron chi connectivity index (χ0n) is 18.0. The van der Waals surface area contributed by atoms with Crippen molar-refractivity contribution in [3.8, 4) is 0 Å². The summed E-state index contributed by atoms with van der Waals surface area (Å²) in [7, 11) is 1.68. The van der Waals surface area contributed by atoms with Gasteiger partial charge in [-0.15, -0.1) is 24.0 Å². The predicted octanol–water partition coefficient (Wildman–Crippen LogP) is 2.31. The van der Waals surface area contributed by atoms with Crippen LogP contribution in [0.1, 0.15) is 24.5 Å². The summed E-state index contributed by atoms with van der Waals surface area (Å²) >= 11 is 0. The first-order valence-electron chi connectivity index (χ1n) is 10.7. The maximum absolute atomic E-state index is 12.8. The molecule has 1 saturated heterocycles. The van der Waals surface area contributed by atoms with Crippen molar-refractivity contribution in [2.24, 2.45) is 28.7 Å². The number of halogens is 1. The molecule has 1 heterocycles. The molecule has 1 aliphatic heterocycles. The monoisotopic (exact) mass is 538 g/mol. The van der Waals surface area contributed by atoms with Gasteiger partial charge in [-0.2, -0.15) is 0 Å². The summed E-state index contributed by atoms with van der Waals surface area (Å²) in [5, 5.41) is 6.47. The fourth-order valence-electron chi connectivity index (χ4n) is 4.89. The highest BCUT2D eigenvalue weighted by Crippen LogP contribution is 2.52. The highest BCUT2D eigenvalue weighted by atomic mass is 127. The highest BCUT2D eigenvalue weighted by molar-refractivity contribution is 14.0. The highest BCUT2D eigenvalue weighted by Gasteiger charge is 2.58. The van der Waals surface area contributed by atoms with Crippen molar-refractivity contribution >= 4 is 41.8 Å². The van der Waals surface area contributed by atoms with E-state index in [1.807, 2.05) is 31.2 Å². The molecule has 0 spiro atoms. The number of carbonyl (C=O) groups excluding carboxylic acids is 2. The lowest BCUT2D eigenvalue weighted by atomic mass is 9.85. The summed E-state index contributed by atoms with van der Waals surface area (Å²) in [6.07, 6.45) is 5.20. The molecule has 4 unspecified atom stereocenters. The molecule has 2 bridgehead atoms. The Morgan fingerprint density at radius 1 is 1.06 bits per heavy atom. The molecular weight excluding hydrogens is 507 g/mol. The van der Waals surface area contributed by atoms with Crippen molar-refractivity contribution < 1.29 is 14.3 Å². The first-order valence-corrected chi connectivity index (χ1v) is 10.7. The minimum Gasteiger partial charge on any atom is -0.380 e. The van der Waals surface area contributed by atoms with Gasteiger partial charge in [-0.3, -0.25) is 14.5 Å². The first kappa shape index (κ1) is 23.7. The van der Waals surface area contributed by atoms with Crippen LogP contribution in [0.4, 0.5) is 0 Å². The van der Waals surface area contributed by atoms with Gasteiger partial charge < -0.3 is 15.4 Å². The molecule has 2 amide bonds. The molecule has 4 rings (SSSR count). The second-order valence-electron chi connectivity index (χ2n) is 8.20. The largest absolute Gasteiger partial charge is 0.380 e. The minimum atomic E-state index is -0.129. The normalized spacial score (nSPS) is 26.3. The number of hydrogen-bond donors (Lipinski definition) is 2. The molecule has 168 valence electrons. The molecule has 2 fully saturated rings. The van der Waals surface area contributed by atoms with Crippen molar-refractivity contribution in [2.45, 2.75) is 26.5 Å². The molecule has 0 radical (unpaired) electrons. The Morgan fingerprint density at radius 3 is 2.26 bits per heavy atom. The minimum absolute atomic E-state index is 0. The van der Waals surface area contributed by atoms with E-state index in [1.54, 1.807) is 7.11 Å². The van der Waals surface area contributed by atoms with E-state index >= 15 is 0 Å². The Labute approximate surface area is 200 Å². The number of fused-ring (bicyclic) bond motifs is 5. The number of amides is 2. The molecule has 1 saturated carbocycles. The molecule has 1 aromatic carbocycles. The van der Waals surface area contributed by atoms with Crippen molar-refractivity contribution in [3.05, 3.63) is 47.5 Å². The summed E-state index contributed by atoms with van der Waals surface area (Å²) in [4.78, 5) is 31.6. The fraction of sp³-hybridized carbons (Fsp3) is 0.522. The SMILES string of the molecule is CCNC(=NCc1ccc(COC)cc1)NCCN1C(=O)C2C3C=CC(C3)C2C1=O.I. The van der Waals surface area contributed by atoms with E-state index in [4.69, 9.17) is 4.74 Å². The molecule has 7 nitrogen and oxygen atoms in total. The number of allylic oxidation sites excluding steroid dienone is 2. The topological polar surface area (TPSA) is 83.0 Å². The summed E-state index contributed by atoms with van der Waals surface area (Å²) in [5.74, 6) is 0.932. The van der Waals surface area contributed by atoms with E-state index < -0.39 is 0 Å². The number of nitrogens with zero attached hydrogens (tertiary/aromatic N) is 2. The fourth-order valence-corrected chi connectivity index (χ4v) is 4.89. The molecule has 4 atom stereocenters. The Balaban J connectivity index is 0.00000272. The molecule has 2 aliphatic carbocycles. The lowest BCUT2D eigenvalue weighted by Crippen LogP contribution is -2.43. The van der Waals surface area contributed by atoms with Gasteiger partial charge in [-0.05, 0) is 36.3 Å². The van der Waals surface area contributed by atoms with E-state index in [0.29, 0.717) is 32.2 Å². The summed E-state index contributed by atoms with van der Waals surface area (Å²) in [6, 6.07) is 8.17. The molecule has 8 heteroatoms. The van der Waals surface area contributed by atoms with Crippen molar-refractivity contribution in [1.29, 1.82) is 0 Å². The van der Waals surface area contributed by atoms with Crippen molar-refractivity contribution in [1.82, 2.24) is 15.5 Å². The number of benzene rings is 1. The van der Waals surface area contributed by atoms with Gasteiger partial charge in [0, 0.05) is 26.7 Å². The van der Waals surface area contributed by atoms with Crippen LogP contribution in [0, 0.1) is 23.7 Å². The Bertz CT molecular complexity index is 825. The van der Waals surface area contributed by atoms with Gasteiger partial charge in [0.25, 0.3) is 0 Å². The molecule has 1 aromatic rings. The molecule has 0 aromatic heterocycles. The second kappa shape index (κ2) is 10.6. The van der Waals surface area contributed by atoms with Gasteiger partial charge in [0.15, 0.2) is 5.96 Å². The molecule has 3 aliphatic rings. The van der Waals surface area contributed by atoms with Crippen LogP contribution in [0.2, 0.25) is 0 Å². The predicted molar refractivity (Wildman–Crippen MR) is 130 cm³/mol. The third-order valence-electron chi connectivity index (χ3n) is 6.29. The third kappa shape index (κ3) is 4.95. The average molecular weight is 538 g/mol. The van der Waals surface area contributed by atoms with E-state index in [1.165, 1.54) is 4.90 Å². The number of ether oxygens (including phenoxy) is 1. The second-order valence-corrected chi connectivity index (χ2v) is 8.20. The lowest BCUT2D eigenvalue weighted by Gasteiger charge is -2.18. The van der Waals surface area contributed by atoms with Crippen molar-refractivity contribution in [2.75, 3.05) is 26.7 Å². The van der Waals surface area contributed by atoms with Crippen LogP contribution in [0.15, 0.2) is 41.4 Å². The number of hydrogen-bond acceptors (Lipinski definition) is 4. The van der Waals surface area contributed by atoms with Gasteiger partial charge >= 0.3 is 0 Å². The van der Waals surface area contributed by atoms with Crippen molar-refractivity contribution in [3.63, 3.8) is 0 Å². The number of rotatable bonds is 8. The number of methoxy groups -OCH3 is 1. The van der Waals surface area contributed by atoms with E-state index in [2.05, 4.69) is 27.8 Å². The van der Waals surface area contributed by atoms with Crippen LogP contribution < -0.4 is 10.6 Å². The Morgan fingerprint density at radius 2 is 1.68 bits per heavy atom. The third-order valence-corrected chi connectivity index (χ3v) is 6.29. The van der Waals surface area contributed by atoms with Crippen LogP contribution in [-0.4, -0.2) is 49.4 Å². The molecule has 31 heavy (non-hydrogen) atoms. The molecule has 2 N–H and O–H groups in total. The van der Waals surface area contributed by atoms with E-state index in [9.17, 15) is 9.59 Å². The lowest BCUT2D eigenvalue weighted by molar-refractivity contribution is -0.140. The summed E-state index contributed by atoms with van der Waals surface area (Å²) in [6.45, 7) is 4.75. The van der Waals surface area contributed by atoms with Gasteiger partial charge in [0.2, 0.25) is 11.8 Å². The zero-order chi connectivity index (χ0) is 21.1. The number of nitrogens with one attached hydrogen (secondary N) is 2. The first-order chi connectivity index (χ1) is 14.6. The van der Waals surface area contributed by atoms with Gasteiger partial charge in [0.1, 0.15) is 0 Å². The summed E-state index contributed by atoms with van der Waals surface area (Å²) in [5.41, 5.74) is 2.23. The van der Waals surface area contributed by atoms with Crippen LogP contribution in [0.3, 0.4) is 0 Å². The van der Waals surface area contributed by atoms with Crippen LogP contribution in [0.5, 0.6) is 0 Å². The Kier molecular flexibility index (Phi) is 8.10. The zero-order valence-corrected chi connectivity index (χ0v) is 20.4. The van der Waals surface area contributed by atoms with Gasteiger partial charge in [0.05, 0.1) is 25.0 Å². The maximum atomic E-state index is 12.8. The maximum Gasteiger partial charge on any atom is 0.233 e. The number of imide groups is 1. The van der Waals surface area contributed by atoms with E-state index in [-0.39, 0.29) is 59.5 Å². The number of carbonyl (C=O) groups is 2. The number of likely N-dealkylation sites (tertiary alicyclic amines) is 1. The van der Waals surface area contributed by atoms with Crippen LogP contribution in [0.25, 0.3) is 0 Å². The quantitative estimate of drug-likeness (QED) is 0.175. The number of aliphatic imine (C=N–C) groups is 1. The number of guanidine groups is 1. The van der Waals surface area contributed by atoms with E-state index in [0.717, 1.165) is 24.1 Å². The molecular formula is C23H31IN4O3. The van der Waals surface area contributed by atoms with Crippen LogP contribution >= 0.6 is 24.0 Å². The van der Waals surface area contributed by atoms with Gasteiger partial charge in [-0.25, -0.2) is 4.99 Å².